The van der Waals surface area contributed by atoms with Crippen LogP contribution in [0.2, 0.25) is 0 Å². The van der Waals surface area contributed by atoms with Gasteiger partial charge in [0, 0.05) is 29.1 Å². The van der Waals surface area contributed by atoms with Gasteiger partial charge in [0.15, 0.2) is 0 Å². The molecule has 4 aromatic rings. The van der Waals surface area contributed by atoms with Crippen molar-refractivity contribution in [1.82, 2.24) is 4.98 Å². The molecule has 4 rings (SSSR count). The molecule has 0 aliphatic heterocycles. The normalized spacial score (nSPS) is 11.3. The highest BCUT2D eigenvalue weighted by atomic mass is 32.1. The van der Waals surface area contributed by atoms with Gasteiger partial charge in [-0.15, -0.1) is 11.3 Å². The first-order valence-corrected chi connectivity index (χ1v) is 9.45. The van der Waals surface area contributed by atoms with Crippen molar-refractivity contribution in [3.63, 3.8) is 0 Å². The minimum absolute atomic E-state index is 0.188. The highest BCUT2D eigenvalue weighted by Crippen LogP contribution is 2.33. The maximum Gasteiger partial charge on any atom is 0.386 e. The zero-order chi connectivity index (χ0) is 19.4. The molecule has 0 bridgehead atoms. The zero-order valence-electron chi connectivity index (χ0n) is 15.1. The van der Waals surface area contributed by atoms with Gasteiger partial charge in [0.1, 0.15) is 0 Å². The Labute approximate surface area is 160 Å². The third kappa shape index (κ3) is 5.23. The van der Waals surface area contributed by atoms with Crippen LogP contribution in [0.25, 0.3) is 22.2 Å². The van der Waals surface area contributed by atoms with Crippen LogP contribution in [0.3, 0.4) is 0 Å². The number of hydrogen-bond acceptors (Lipinski definition) is 1. The minimum Gasteiger partial charge on any atom is -0.354 e. The third-order valence-electron chi connectivity index (χ3n) is 4.06. The molecule has 27 heavy (non-hydrogen) atoms. The van der Waals surface area contributed by atoms with Crippen LogP contribution in [0.15, 0.2) is 66.0 Å². The molecule has 2 aromatic heterocycles. The Morgan fingerprint density at radius 3 is 2.30 bits per heavy atom. The summed E-state index contributed by atoms with van der Waals surface area (Å²) in [6.07, 6.45) is -3.02. The van der Waals surface area contributed by atoms with Gasteiger partial charge in [-0.3, -0.25) is 0 Å². The lowest BCUT2D eigenvalue weighted by molar-refractivity contribution is -0.110. The summed E-state index contributed by atoms with van der Waals surface area (Å²) in [6.45, 7) is 2.33. The molecular weight excluding hydrogens is 367 g/mol. The summed E-state index contributed by atoms with van der Waals surface area (Å²) in [6, 6.07) is 21.6. The number of fused-ring (bicyclic) bond motifs is 1. The maximum atomic E-state index is 10.4. The largest absolute Gasteiger partial charge is 0.386 e. The number of nitrogens with one attached hydrogen (secondary N) is 1. The van der Waals surface area contributed by atoms with Crippen LogP contribution in [0, 0.1) is 6.92 Å². The second kappa shape index (κ2) is 8.01. The van der Waals surface area contributed by atoms with Crippen molar-refractivity contribution in [2.45, 2.75) is 26.4 Å². The number of H-pyrrole nitrogens is 1. The first-order valence-electron chi connectivity index (χ1n) is 8.57. The molecule has 1 nitrogen and oxygen atoms in total. The van der Waals surface area contributed by atoms with Gasteiger partial charge >= 0.3 is 6.18 Å². The molecule has 0 aliphatic carbocycles. The van der Waals surface area contributed by atoms with Gasteiger partial charge in [-0.05, 0) is 41.1 Å². The highest BCUT2D eigenvalue weighted by molar-refractivity contribution is 7.09. The molecule has 0 saturated heterocycles. The van der Waals surface area contributed by atoms with E-state index < -0.39 is 6.18 Å². The smallest absolute Gasteiger partial charge is 0.354 e. The van der Waals surface area contributed by atoms with Crippen molar-refractivity contribution in [1.29, 1.82) is 0 Å². The molecule has 0 atom stereocenters. The quantitative estimate of drug-likeness (QED) is 0.378. The first-order chi connectivity index (χ1) is 12.8. The van der Waals surface area contributed by atoms with Crippen LogP contribution in [-0.4, -0.2) is 11.2 Å². The molecule has 2 heterocycles. The van der Waals surface area contributed by atoms with Gasteiger partial charge in [-0.2, -0.15) is 13.2 Å². The number of aromatic nitrogens is 1. The van der Waals surface area contributed by atoms with E-state index in [4.69, 9.17) is 0 Å². The van der Waals surface area contributed by atoms with Gasteiger partial charge in [0.2, 0.25) is 0 Å². The monoisotopic (exact) mass is 387 g/mol. The number of benzene rings is 2. The summed E-state index contributed by atoms with van der Waals surface area (Å²) in [7, 11) is 0. The number of aromatic amines is 1. The van der Waals surface area contributed by atoms with Crippen molar-refractivity contribution in [2.24, 2.45) is 0 Å². The molecule has 0 radical (unpaired) electrons. The first kappa shape index (κ1) is 19.2. The van der Waals surface area contributed by atoms with Gasteiger partial charge in [-0.1, -0.05) is 48.5 Å². The topological polar surface area (TPSA) is 15.8 Å². The van der Waals surface area contributed by atoms with Crippen LogP contribution in [0.5, 0.6) is 0 Å². The summed E-state index contributed by atoms with van der Waals surface area (Å²) in [5, 5.41) is 3.48. The fraction of sp³-hybridized carbons (Fsp3) is 0.182. The van der Waals surface area contributed by atoms with Crippen LogP contribution in [0.4, 0.5) is 13.2 Å². The average molecular weight is 387 g/mol. The molecule has 0 spiro atoms. The van der Waals surface area contributed by atoms with E-state index in [1.807, 2.05) is 11.3 Å². The van der Waals surface area contributed by atoms with Crippen LogP contribution in [0.1, 0.15) is 22.9 Å². The van der Waals surface area contributed by atoms with E-state index in [1.165, 1.54) is 38.2 Å². The molecule has 140 valence electrons. The van der Waals surface area contributed by atoms with Gasteiger partial charge in [0.25, 0.3) is 0 Å². The van der Waals surface area contributed by atoms with E-state index >= 15 is 0 Å². The van der Waals surface area contributed by atoms with Crippen molar-refractivity contribution >= 4 is 22.2 Å². The minimum atomic E-state index is -4.00. The Hall–Kier alpha value is -2.53. The highest BCUT2D eigenvalue weighted by Gasteiger charge is 2.16. The summed E-state index contributed by atoms with van der Waals surface area (Å²) in [5.41, 5.74) is 6.41. The fourth-order valence-corrected chi connectivity index (χ4v) is 3.71. The number of halogens is 3. The molecule has 0 aliphatic rings. The molecule has 0 unspecified atom stereocenters. The van der Waals surface area contributed by atoms with Crippen molar-refractivity contribution in [2.75, 3.05) is 0 Å². The number of alkyl halides is 3. The lowest BCUT2D eigenvalue weighted by Crippen LogP contribution is -1.95. The average Bonchev–Trinajstić information content (AvgIpc) is 3.22. The molecule has 0 fully saturated rings. The summed E-state index contributed by atoms with van der Waals surface area (Å²) >= 11 is 1.82. The van der Waals surface area contributed by atoms with Crippen LogP contribution in [-0.2, 0) is 6.42 Å². The summed E-state index contributed by atoms with van der Waals surface area (Å²) in [5.74, 6) is 0. The number of hydrogen-bond donors (Lipinski definition) is 1. The predicted molar refractivity (Wildman–Crippen MR) is 107 cm³/mol. The SMILES string of the molecule is CC(F)(F)F.Cc1ccc2c(Cc3cccs3)c(-c3ccccc3)[nH]c2c1. The van der Waals surface area contributed by atoms with Gasteiger partial charge in [0.05, 0.1) is 5.69 Å². The molecular formula is C22H20F3NS. The van der Waals surface area contributed by atoms with Crippen LogP contribution >= 0.6 is 11.3 Å². The molecule has 1 N–H and O–H groups in total. The van der Waals surface area contributed by atoms with Gasteiger partial charge < -0.3 is 4.98 Å². The number of aryl methyl sites for hydroxylation is 1. The van der Waals surface area contributed by atoms with E-state index in [-0.39, 0.29) is 6.92 Å². The molecule has 2 aromatic carbocycles. The molecule has 5 heteroatoms. The maximum absolute atomic E-state index is 10.4. The molecule has 0 saturated carbocycles. The Morgan fingerprint density at radius 1 is 0.963 bits per heavy atom. The van der Waals surface area contributed by atoms with Crippen molar-refractivity contribution in [3.8, 4) is 11.3 Å². The van der Waals surface area contributed by atoms with E-state index in [9.17, 15) is 13.2 Å². The second-order valence-corrected chi connectivity index (χ2v) is 7.46. The van der Waals surface area contributed by atoms with Gasteiger partial charge in [-0.25, -0.2) is 0 Å². The summed E-state index contributed by atoms with van der Waals surface area (Å²) in [4.78, 5) is 5.04. The number of rotatable bonds is 3. The Morgan fingerprint density at radius 2 is 1.67 bits per heavy atom. The predicted octanol–water partition coefficient (Wildman–Crippen LogP) is 7.36. The van der Waals surface area contributed by atoms with Crippen molar-refractivity contribution < 1.29 is 13.2 Å². The van der Waals surface area contributed by atoms with Crippen LogP contribution < -0.4 is 0 Å². The fourth-order valence-electron chi connectivity index (χ4n) is 2.99. The second-order valence-electron chi connectivity index (χ2n) is 6.43. The Balaban J connectivity index is 0.000000376. The summed E-state index contributed by atoms with van der Waals surface area (Å²) < 4.78 is 31.1. The Bertz CT molecular complexity index is 993. The third-order valence-corrected chi connectivity index (χ3v) is 4.93. The van der Waals surface area contributed by atoms with Crippen molar-refractivity contribution in [3.05, 3.63) is 82.0 Å². The Kier molecular flexibility index (Phi) is 5.71. The lowest BCUT2D eigenvalue weighted by Gasteiger charge is -2.04. The molecule has 0 amide bonds. The lowest BCUT2D eigenvalue weighted by atomic mass is 10.0. The number of thiophene rings is 1. The zero-order valence-corrected chi connectivity index (χ0v) is 15.9. The standard InChI is InChI=1S/C20H17NS.C2H3F3/c1-14-9-10-17-18(13-16-8-5-11-22-16)20(21-19(17)12-14)15-6-3-2-4-7-15;1-2(3,4)5/h2-12,21H,13H2,1H3;1H3. The van der Waals surface area contributed by atoms with E-state index in [2.05, 4.69) is 78.0 Å². The van der Waals surface area contributed by atoms with E-state index in [1.54, 1.807) is 0 Å². The van der Waals surface area contributed by atoms with E-state index in [0.717, 1.165) is 6.42 Å². The van der Waals surface area contributed by atoms with E-state index in [0.29, 0.717) is 0 Å².